The molecule has 1 aromatic rings. The minimum Gasteiger partial charge on any atom is -0.480 e. The van der Waals surface area contributed by atoms with E-state index in [0.29, 0.717) is 12.1 Å². The fourth-order valence-electron chi connectivity index (χ4n) is 3.21. The first-order valence-corrected chi connectivity index (χ1v) is 11.5. The SMILES string of the molecule is CC(C)C(NC(=O)C(Cc1cnc[nH]1)NC(=O)C(N)CCCN=C(N)N)C(=O)NC(CC(N)=O)C(=O)O. The van der Waals surface area contributed by atoms with E-state index in [-0.39, 0.29) is 25.3 Å². The van der Waals surface area contributed by atoms with Crippen LogP contribution in [0.15, 0.2) is 17.5 Å². The van der Waals surface area contributed by atoms with E-state index in [1.54, 1.807) is 13.8 Å². The first-order chi connectivity index (χ1) is 17.3. The molecular formula is C21H36N10O6. The lowest BCUT2D eigenvalue weighted by Gasteiger charge is -2.27. The molecule has 0 aliphatic carbocycles. The van der Waals surface area contributed by atoms with E-state index in [9.17, 15) is 29.1 Å². The minimum atomic E-state index is -1.57. The van der Waals surface area contributed by atoms with E-state index in [2.05, 4.69) is 30.9 Å². The van der Waals surface area contributed by atoms with Crippen LogP contribution >= 0.6 is 0 Å². The van der Waals surface area contributed by atoms with Gasteiger partial charge in [0.25, 0.3) is 0 Å². The number of carbonyl (C=O) groups excluding carboxylic acids is 4. The number of nitrogens with zero attached hydrogens (tertiary/aromatic N) is 2. The van der Waals surface area contributed by atoms with Crippen LogP contribution < -0.4 is 38.9 Å². The summed E-state index contributed by atoms with van der Waals surface area (Å²) in [6, 6.07) is -4.86. The Labute approximate surface area is 213 Å². The van der Waals surface area contributed by atoms with Gasteiger partial charge in [0.05, 0.1) is 18.8 Å². The average molecular weight is 525 g/mol. The number of nitrogens with two attached hydrogens (primary N) is 4. The van der Waals surface area contributed by atoms with Crippen LogP contribution in [0.3, 0.4) is 0 Å². The van der Waals surface area contributed by atoms with E-state index < -0.39 is 66.1 Å². The number of carboxylic acid groups (broad SMARTS) is 1. The van der Waals surface area contributed by atoms with Gasteiger partial charge in [0.1, 0.15) is 18.1 Å². The van der Waals surface area contributed by atoms with E-state index in [1.165, 1.54) is 12.5 Å². The highest BCUT2D eigenvalue weighted by molar-refractivity contribution is 5.95. The number of carbonyl (C=O) groups is 5. The molecule has 4 amide bonds. The average Bonchev–Trinajstić information content (AvgIpc) is 3.31. The number of guanidine groups is 1. The third-order valence-electron chi connectivity index (χ3n) is 5.18. The monoisotopic (exact) mass is 524 g/mol. The fourth-order valence-corrected chi connectivity index (χ4v) is 3.21. The van der Waals surface area contributed by atoms with Crippen LogP contribution in [-0.4, -0.2) is 81.3 Å². The van der Waals surface area contributed by atoms with E-state index >= 15 is 0 Å². The Morgan fingerprint density at radius 2 is 1.68 bits per heavy atom. The van der Waals surface area contributed by atoms with Crippen molar-refractivity contribution in [2.24, 2.45) is 33.8 Å². The molecule has 37 heavy (non-hydrogen) atoms. The molecule has 0 aliphatic rings. The van der Waals surface area contributed by atoms with Gasteiger partial charge >= 0.3 is 5.97 Å². The van der Waals surface area contributed by atoms with Crippen molar-refractivity contribution in [2.45, 2.75) is 63.7 Å². The Balaban J connectivity index is 2.96. The lowest BCUT2D eigenvalue weighted by Crippen LogP contribution is -2.59. The van der Waals surface area contributed by atoms with Gasteiger partial charge in [-0.05, 0) is 18.8 Å². The molecule has 0 saturated carbocycles. The number of aliphatic carboxylic acids is 1. The molecule has 16 heteroatoms. The summed E-state index contributed by atoms with van der Waals surface area (Å²) in [4.78, 5) is 71.7. The molecule has 1 rings (SSSR count). The molecule has 13 N–H and O–H groups in total. The summed E-state index contributed by atoms with van der Waals surface area (Å²) >= 11 is 0. The molecule has 1 heterocycles. The summed E-state index contributed by atoms with van der Waals surface area (Å²) in [7, 11) is 0. The van der Waals surface area contributed by atoms with E-state index in [1.807, 2.05) is 0 Å². The third kappa shape index (κ3) is 11.4. The number of aromatic amines is 1. The lowest BCUT2D eigenvalue weighted by atomic mass is 10.0. The number of imidazole rings is 1. The van der Waals surface area contributed by atoms with Crippen LogP contribution in [-0.2, 0) is 30.4 Å². The Bertz CT molecular complexity index is 961. The summed E-state index contributed by atoms with van der Waals surface area (Å²) < 4.78 is 0. The number of aliphatic imine (C=N–C) groups is 1. The number of amides is 4. The van der Waals surface area contributed by atoms with Crippen molar-refractivity contribution in [2.75, 3.05) is 6.54 Å². The molecular weight excluding hydrogens is 488 g/mol. The van der Waals surface area contributed by atoms with Gasteiger partial charge in [-0.3, -0.25) is 24.2 Å². The van der Waals surface area contributed by atoms with Crippen molar-refractivity contribution in [3.05, 3.63) is 18.2 Å². The highest BCUT2D eigenvalue weighted by Crippen LogP contribution is 2.07. The van der Waals surface area contributed by atoms with Crippen molar-refractivity contribution in [3.63, 3.8) is 0 Å². The molecule has 0 radical (unpaired) electrons. The maximum absolute atomic E-state index is 13.2. The van der Waals surface area contributed by atoms with Crippen molar-refractivity contribution >= 4 is 35.6 Å². The molecule has 0 fully saturated rings. The minimum absolute atomic E-state index is 0.00412. The number of hydrogen-bond acceptors (Lipinski definition) is 8. The van der Waals surface area contributed by atoms with Gasteiger partial charge in [0.15, 0.2) is 5.96 Å². The molecule has 1 aromatic heterocycles. The zero-order valence-electron chi connectivity index (χ0n) is 20.8. The molecule has 0 aliphatic heterocycles. The topological polar surface area (TPSA) is 287 Å². The summed E-state index contributed by atoms with van der Waals surface area (Å²) in [6.45, 7) is 3.53. The molecule has 16 nitrogen and oxygen atoms in total. The van der Waals surface area contributed by atoms with Crippen molar-refractivity contribution in [1.29, 1.82) is 0 Å². The number of aromatic nitrogens is 2. The number of H-pyrrole nitrogens is 1. The quantitative estimate of drug-likeness (QED) is 0.0581. The summed E-state index contributed by atoms with van der Waals surface area (Å²) in [5.74, 6) is -5.10. The second kappa shape index (κ2) is 15.0. The number of carboxylic acids is 1. The molecule has 0 aromatic carbocycles. The van der Waals surface area contributed by atoms with Gasteiger partial charge < -0.3 is 49.0 Å². The van der Waals surface area contributed by atoms with E-state index in [4.69, 9.17) is 22.9 Å². The van der Waals surface area contributed by atoms with Crippen LogP contribution in [0.4, 0.5) is 0 Å². The van der Waals surface area contributed by atoms with Gasteiger partial charge in [-0.15, -0.1) is 0 Å². The largest absolute Gasteiger partial charge is 0.480 e. The van der Waals surface area contributed by atoms with Crippen LogP contribution in [0.5, 0.6) is 0 Å². The predicted molar refractivity (Wildman–Crippen MR) is 132 cm³/mol. The number of hydrogen-bond donors (Lipinski definition) is 9. The molecule has 4 unspecified atom stereocenters. The van der Waals surface area contributed by atoms with Crippen LogP contribution in [0.2, 0.25) is 0 Å². The first-order valence-electron chi connectivity index (χ1n) is 11.5. The second-order valence-electron chi connectivity index (χ2n) is 8.70. The van der Waals surface area contributed by atoms with Crippen LogP contribution in [0.1, 0.15) is 38.8 Å². The van der Waals surface area contributed by atoms with Crippen molar-refractivity contribution in [1.82, 2.24) is 25.9 Å². The van der Waals surface area contributed by atoms with Crippen LogP contribution in [0, 0.1) is 5.92 Å². The van der Waals surface area contributed by atoms with Crippen molar-refractivity contribution < 1.29 is 29.1 Å². The van der Waals surface area contributed by atoms with Crippen molar-refractivity contribution in [3.8, 4) is 0 Å². The fraction of sp³-hybridized carbons (Fsp3) is 0.571. The maximum atomic E-state index is 13.2. The highest BCUT2D eigenvalue weighted by atomic mass is 16.4. The molecule has 0 bridgehead atoms. The van der Waals surface area contributed by atoms with Gasteiger partial charge in [-0.2, -0.15) is 0 Å². The molecule has 206 valence electrons. The Morgan fingerprint density at radius 3 is 2.19 bits per heavy atom. The highest BCUT2D eigenvalue weighted by Gasteiger charge is 2.32. The second-order valence-corrected chi connectivity index (χ2v) is 8.70. The standard InChI is InChI=1S/C21H36N10O6/c1-10(2)16(19(35)30-14(20(36)37)7-15(23)32)31-18(34)13(6-11-8-26-9-28-11)29-17(33)12(22)4-3-5-27-21(24)25/h8-10,12-14,16H,3-7,22H2,1-2H3,(H2,23,32)(H,26,28)(H,29,33)(H,30,35)(H,31,34)(H,36,37)(H4,24,25,27). The van der Waals surface area contributed by atoms with Gasteiger partial charge in [0, 0.05) is 24.9 Å². The smallest absolute Gasteiger partial charge is 0.326 e. The van der Waals surface area contributed by atoms with Gasteiger partial charge in [-0.25, -0.2) is 9.78 Å². The Morgan fingerprint density at radius 1 is 1.03 bits per heavy atom. The predicted octanol–water partition coefficient (Wildman–Crippen LogP) is -3.60. The summed E-state index contributed by atoms with van der Waals surface area (Å²) in [5, 5.41) is 16.6. The number of primary amides is 1. The Kier molecular flexibility index (Phi) is 12.5. The van der Waals surface area contributed by atoms with E-state index in [0.717, 1.165) is 0 Å². The normalized spacial score (nSPS) is 14.1. The zero-order valence-corrected chi connectivity index (χ0v) is 20.8. The molecule has 0 saturated heterocycles. The number of rotatable bonds is 16. The molecule has 4 atom stereocenters. The third-order valence-corrected chi connectivity index (χ3v) is 5.18. The first kappa shape index (κ1) is 30.8. The lowest BCUT2D eigenvalue weighted by molar-refractivity contribution is -0.144. The van der Waals surface area contributed by atoms with Crippen LogP contribution in [0.25, 0.3) is 0 Å². The Hall–Kier alpha value is -4.21. The zero-order chi connectivity index (χ0) is 28.1. The summed E-state index contributed by atoms with van der Waals surface area (Å²) in [6.07, 6.45) is 2.92. The van der Waals surface area contributed by atoms with Gasteiger partial charge in [0.2, 0.25) is 23.6 Å². The number of nitrogens with one attached hydrogen (secondary N) is 4. The van der Waals surface area contributed by atoms with Gasteiger partial charge in [-0.1, -0.05) is 13.8 Å². The molecule has 0 spiro atoms. The summed E-state index contributed by atoms with van der Waals surface area (Å²) in [5.41, 5.74) is 22.1. The maximum Gasteiger partial charge on any atom is 0.326 e.